The van der Waals surface area contributed by atoms with E-state index in [9.17, 15) is 10.1 Å². The minimum atomic E-state index is -0.479. The van der Waals surface area contributed by atoms with Crippen molar-refractivity contribution in [1.82, 2.24) is 19.8 Å². The molecule has 1 amide bonds. The van der Waals surface area contributed by atoms with E-state index in [1.165, 1.54) is 5.69 Å². The highest BCUT2D eigenvalue weighted by Crippen LogP contribution is 2.37. The van der Waals surface area contributed by atoms with Gasteiger partial charge in [0.2, 0.25) is 5.91 Å². The fourth-order valence-electron chi connectivity index (χ4n) is 5.67. The monoisotopic (exact) mass is 551 g/mol. The van der Waals surface area contributed by atoms with Crippen molar-refractivity contribution in [2.75, 3.05) is 57.8 Å². The van der Waals surface area contributed by atoms with Gasteiger partial charge < -0.3 is 24.5 Å². The number of carbonyl (C=O) groups is 1. The number of aromatic nitrogens is 2. The van der Waals surface area contributed by atoms with E-state index in [1.807, 2.05) is 12.1 Å². The van der Waals surface area contributed by atoms with Crippen molar-refractivity contribution < 1.29 is 14.6 Å². The molecule has 0 radical (unpaired) electrons. The molecule has 2 fully saturated rings. The second kappa shape index (κ2) is 11.6. The Bertz CT molecular complexity index is 1500. The highest BCUT2D eigenvalue weighted by atomic mass is 16.5. The van der Waals surface area contributed by atoms with Crippen molar-refractivity contribution in [3.8, 4) is 23.1 Å². The first-order valence-electron chi connectivity index (χ1n) is 14.1. The van der Waals surface area contributed by atoms with E-state index in [4.69, 9.17) is 14.8 Å². The number of likely N-dealkylation sites (tertiary alicyclic amines) is 1. The molecular weight excluding hydrogens is 518 g/mol. The molecule has 0 atom stereocenters. The van der Waals surface area contributed by atoms with Crippen molar-refractivity contribution in [2.45, 2.75) is 25.4 Å². The number of aliphatic imine (C=N–C) groups is 1. The molecule has 2 saturated heterocycles. The Hall–Kier alpha value is -4.33. The van der Waals surface area contributed by atoms with E-state index < -0.39 is 6.61 Å². The number of aliphatic hydroxyl groups excluding tert-OH is 1. The molecule has 3 aromatic rings. The molecule has 2 aromatic carbocycles. The van der Waals surface area contributed by atoms with Crippen LogP contribution in [-0.4, -0.2) is 95.5 Å². The van der Waals surface area contributed by atoms with Crippen molar-refractivity contribution in [3.05, 3.63) is 65.6 Å². The van der Waals surface area contributed by atoms with Gasteiger partial charge in [-0.3, -0.25) is 4.79 Å². The maximum atomic E-state index is 11.7. The largest absolute Gasteiger partial charge is 0.489 e. The predicted octanol–water partition coefficient (Wildman–Crippen LogP) is 2.81. The molecule has 0 bridgehead atoms. The normalized spacial score (nSPS) is 17.6. The van der Waals surface area contributed by atoms with E-state index in [1.54, 1.807) is 17.3 Å². The van der Waals surface area contributed by atoms with E-state index in [2.05, 4.69) is 57.2 Å². The first-order chi connectivity index (χ1) is 20.0. The van der Waals surface area contributed by atoms with Crippen LogP contribution in [0.1, 0.15) is 29.7 Å². The van der Waals surface area contributed by atoms with Gasteiger partial charge in [0.15, 0.2) is 0 Å². The summed E-state index contributed by atoms with van der Waals surface area (Å²) in [5, 5.41) is 19.0. The van der Waals surface area contributed by atoms with Crippen LogP contribution in [0.25, 0.3) is 11.3 Å². The van der Waals surface area contributed by atoms with Gasteiger partial charge in [0.1, 0.15) is 36.5 Å². The van der Waals surface area contributed by atoms with Gasteiger partial charge in [-0.2, -0.15) is 5.26 Å². The molecule has 3 aliphatic heterocycles. The van der Waals surface area contributed by atoms with Crippen LogP contribution in [0.4, 0.5) is 11.4 Å². The fourth-order valence-corrected chi connectivity index (χ4v) is 5.67. The summed E-state index contributed by atoms with van der Waals surface area (Å²) in [5.74, 6) is 0.245. The summed E-state index contributed by atoms with van der Waals surface area (Å²) in [6.45, 7) is 4.76. The molecule has 210 valence electrons. The third-order valence-corrected chi connectivity index (χ3v) is 8.15. The molecule has 6 rings (SSSR count). The van der Waals surface area contributed by atoms with Gasteiger partial charge in [-0.15, -0.1) is 0 Å². The van der Waals surface area contributed by atoms with Crippen LogP contribution >= 0.6 is 0 Å². The summed E-state index contributed by atoms with van der Waals surface area (Å²) < 4.78 is 6.17. The van der Waals surface area contributed by atoms with Gasteiger partial charge in [0, 0.05) is 69.8 Å². The highest BCUT2D eigenvalue weighted by Gasteiger charge is 2.26. The van der Waals surface area contributed by atoms with Crippen LogP contribution in [0.15, 0.2) is 53.8 Å². The zero-order chi connectivity index (χ0) is 28.3. The molecule has 0 unspecified atom stereocenters. The third-order valence-electron chi connectivity index (χ3n) is 8.15. The number of rotatable bonds is 6. The average Bonchev–Trinajstić information content (AvgIpc) is 3.46. The van der Waals surface area contributed by atoms with Crippen LogP contribution < -0.4 is 9.64 Å². The highest BCUT2D eigenvalue weighted by molar-refractivity contribution is 6.07. The Kier molecular flexibility index (Phi) is 7.63. The fraction of sp³-hybridized carbons (Fsp3) is 0.387. The molecule has 4 heterocycles. The second-order valence-corrected chi connectivity index (χ2v) is 10.8. The maximum absolute atomic E-state index is 11.7. The van der Waals surface area contributed by atoms with Crippen LogP contribution in [0.2, 0.25) is 0 Å². The summed E-state index contributed by atoms with van der Waals surface area (Å²) in [6.07, 6.45) is 3.37. The lowest BCUT2D eigenvalue weighted by Crippen LogP contribution is -2.44. The number of piperidine rings is 1. The number of hydrogen-bond donors (Lipinski definition) is 1. The van der Waals surface area contributed by atoms with Crippen LogP contribution in [0.5, 0.6) is 5.75 Å². The zero-order valence-corrected chi connectivity index (χ0v) is 23.2. The number of benzene rings is 2. The van der Waals surface area contributed by atoms with Crippen LogP contribution in [0, 0.1) is 11.3 Å². The number of nitrogens with zero attached hydrogens (tertiary/aromatic N) is 7. The van der Waals surface area contributed by atoms with Crippen molar-refractivity contribution in [1.29, 1.82) is 5.26 Å². The second-order valence-electron chi connectivity index (χ2n) is 10.8. The number of hydrogen-bond acceptors (Lipinski definition) is 9. The lowest BCUT2D eigenvalue weighted by Gasteiger charge is -2.34. The lowest BCUT2D eigenvalue weighted by molar-refractivity contribution is -0.135. The van der Waals surface area contributed by atoms with Gasteiger partial charge in [0.25, 0.3) is 0 Å². The summed E-state index contributed by atoms with van der Waals surface area (Å²) in [4.78, 5) is 32.2. The topological polar surface area (TPSA) is 118 Å². The first kappa shape index (κ1) is 26.9. The number of likely N-dealkylation sites (N-methyl/N-ethyl adjacent to an activating group) is 1. The molecule has 10 heteroatoms. The molecule has 1 aromatic heterocycles. The minimum Gasteiger partial charge on any atom is -0.489 e. The number of ether oxygens (including phenoxy) is 1. The predicted molar refractivity (Wildman–Crippen MR) is 156 cm³/mol. The van der Waals surface area contributed by atoms with Crippen LogP contribution in [0.3, 0.4) is 0 Å². The van der Waals surface area contributed by atoms with Gasteiger partial charge in [0.05, 0.1) is 22.7 Å². The molecule has 0 aliphatic carbocycles. The molecule has 1 N–H and O–H groups in total. The van der Waals surface area contributed by atoms with Crippen molar-refractivity contribution >= 4 is 23.0 Å². The van der Waals surface area contributed by atoms with Gasteiger partial charge in [-0.05, 0) is 42.9 Å². The quantitative estimate of drug-likeness (QED) is 0.497. The Morgan fingerprint density at radius 1 is 1.02 bits per heavy atom. The van der Waals surface area contributed by atoms with Gasteiger partial charge in [-0.25, -0.2) is 15.0 Å². The number of carbonyl (C=O) groups excluding carboxylic acids is 1. The summed E-state index contributed by atoms with van der Waals surface area (Å²) in [6, 6.07) is 16.4. The smallest absolute Gasteiger partial charge is 0.248 e. The van der Waals surface area contributed by atoms with Crippen molar-refractivity contribution in [2.24, 2.45) is 4.99 Å². The van der Waals surface area contributed by atoms with Crippen molar-refractivity contribution in [3.63, 3.8) is 0 Å². The minimum absolute atomic E-state index is 0.103. The van der Waals surface area contributed by atoms with Crippen LogP contribution in [-0.2, 0) is 11.2 Å². The molecule has 0 saturated carbocycles. The first-order valence-corrected chi connectivity index (χ1v) is 14.1. The molecule has 3 aliphatic rings. The Morgan fingerprint density at radius 2 is 1.76 bits per heavy atom. The number of anilines is 1. The maximum Gasteiger partial charge on any atom is 0.248 e. The van der Waals surface area contributed by atoms with E-state index in [0.29, 0.717) is 49.4 Å². The number of fused-ring (bicyclic) bond motifs is 1. The Morgan fingerprint density at radius 3 is 2.46 bits per heavy atom. The van der Waals surface area contributed by atoms with Gasteiger partial charge in [-0.1, -0.05) is 12.1 Å². The summed E-state index contributed by atoms with van der Waals surface area (Å²) in [7, 11) is 2.16. The van der Waals surface area contributed by atoms with Gasteiger partial charge >= 0.3 is 0 Å². The average molecular weight is 552 g/mol. The number of aliphatic hydroxyl groups is 1. The molecule has 41 heavy (non-hydrogen) atoms. The standard InChI is InChI=1S/C31H33N7O3/c1-36-12-14-37(15-13-36)24-5-2-21(3-6-24)26-17-27-31(35-26)30(34-20-33-27)22-4-7-28(23(16-22)18-32)41-25-8-10-38(11-9-25)29(40)19-39/h2-7,16,20,25,39H,8-15,17,19H2,1H3. The number of amides is 1. The van der Waals surface area contributed by atoms with E-state index in [-0.39, 0.29) is 12.0 Å². The SMILES string of the molecule is CN1CCN(c2ccc(C3=Nc4c(ncnc4-c4ccc(OC5CCN(C(=O)CO)CC5)c(C#N)c4)C3)cc2)CC1. The van der Waals surface area contributed by atoms with E-state index in [0.717, 1.165) is 54.4 Å². The molecular formula is C31H33N7O3. The molecule has 0 spiro atoms. The summed E-state index contributed by atoms with van der Waals surface area (Å²) in [5.41, 5.74) is 6.77. The zero-order valence-electron chi connectivity index (χ0n) is 23.2. The Labute approximate surface area is 239 Å². The Balaban J connectivity index is 1.18. The lowest BCUT2D eigenvalue weighted by atomic mass is 10.0. The molecule has 10 nitrogen and oxygen atoms in total. The third kappa shape index (κ3) is 5.64. The number of nitriles is 1. The summed E-state index contributed by atoms with van der Waals surface area (Å²) >= 11 is 0. The number of piperazine rings is 1. The van der Waals surface area contributed by atoms with E-state index >= 15 is 0 Å².